The number of carbonyl (C=O) groups excluding carboxylic acids is 2. The molecule has 0 aliphatic carbocycles. The van der Waals surface area contributed by atoms with Crippen LogP contribution in [0.1, 0.15) is 19.5 Å². The van der Waals surface area contributed by atoms with Gasteiger partial charge in [-0.3, -0.25) is 19.4 Å². The summed E-state index contributed by atoms with van der Waals surface area (Å²) in [5.41, 5.74) is -0.107. The van der Waals surface area contributed by atoms with Gasteiger partial charge in [-0.2, -0.15) is 0 Å². The smallest absolute Gasteiger partial charge is 0.251 e. The largest absolute Gasteiger partial charge is 0.326 e. The van der Waals surface area contributed by atoms with E-state index in [0.29, 0.717) is 5.69 Å². The van der Waals surface area contributed by atoms with Crippen molar-refractivity contribution in [3.05, 3.63) is 40.3 Å². The lowest BCUT2D eigenvalue weighted by Gasteiger charge is -2.13. The number of nitrogens with one attached hydrogen (secondary N) is 3. The highest BCUT2D eigenvalue weighted by Crippen LogP contribution is 2.28. The van der Waals surface area contributed by atoms with Crippen molar-refractivity contribution in [1.29, 1.82) is 0 Å². The van der Waals surface area contributed by atoms with E-state index >= 15 is 0 Å². The average molecular weight is 364 g/mol. The van der Waals surface area contributed by atoms with Crippen LogP contribution in [-0.4, -0.2) is 30.2 Å². The third-order valence-electron chi connectivity index (χ3n) is 3.00. The standard InChI is InChI=1S/C15H16N4O5S/c1-8-6-14(22)19-15(16-8)25(23,24)13-5-4-11(17-9(2)20)7-12(13)18-10(3)21/h4-7H,1-3H3,(H,17,20)(H,18,21)(H,16,19,22). The molecule has 1 aromatic carbocycles. The van der Waals surface area contributed by atoms with Gasteiger partial charge in [-0.05, 0) is 25.1 Å². The summed E-state index contributed by atoms with van der Waals surface area (Å²) in [6.45, 7) is 4.00. The van der Waals surface area contributed by atoms with Gasteiger partial charge in [-0.25, -0.2) is 13.4 Å². The number of nitrogens with zero attached hydrogens (tertiary/aromatic N) is 1. The second-order valence-corrected chi connectivity index (χ2v) is 7.10. The number of carbonyl (C=O) groups is 2. The molecule has 132 valence electrons. The fraction of sp³-hybridized carbons (Fsp3) is 0.200. The maximum atomic E-state index is 12.8. The minimum absolute atomic E-state index is 0.0390. The quantitative estimate of drug-likeness (QED) is 0.687. The fourth-order valence-electron chi connectivity index (χ4n) is 2.12. The highest BCUT2D eigenvalue weighted by molar-refractivity contribution is 7.91. The molecule has 1 heterocycles. The van der Waals surface area contributed by atoms with Crippen molar-refractivity contribution in [2.24, 2.45) is 0 Å². The van der Waals surface area contributed by atoms with E-state index in [-0.39, 0.29) is 22.2 Å². The Kier molecular flexibility index (Phi) is 5.02. The highest BCUT2D eigenvalue weighted by atomic mass is 32.2. The third-order valence-corrected chi connectivity index (χ3v) is 4.64. The van der Waals surface area contributed by atoms with Crippen molar-refractivity contribution < 1.29 is 18.0 Å². The molecule has 0 aliphatic heterocycles. The number of hydrogen-bond acceptors (Lipinski definition) is 6. The van der Waals surface area contributed by atoms with Crippen LogP contribution in [0.3, 0.4) is 0 Å². The van der Waals surface area contributed by atoms with Gasteiger partial charge in [0, 0.05) is 31.3 Å². The molecule has 0 fully saturated rings. The number of aromatic nitrogens is 2. The second kappa shape index (κ2) is 6.85. The van der Waals surface area contributed by atoms with Crippen molar-refractivity contribution in [2.45, 2.75) is 30.8 Å². The number of benzene rings is 1. The van der Waals surface area contributed by atoms with Gasteiger partial charge < -0.3 is 10.6 Å². The Balaban J connectivity index is 2.64. The first kappa shape index (κ1) is 18.3. The van der Waals surface area contributed by atoms with E-state index in [0.717, 1.165) is 6.07 Å². The molecule has 0 radical (unpaired) electrons. The number of anilines is 2. The first-order valence-corrected chi connectivity index (χ1v) is 8.60. The Labute approximate surface area is 143 Å². The van der Waals surface area contributed by atoms with Crippen LogP contribution in [0.25, 0.3) is 0 Å². The van der Waals surface area contributed by atoms with Gasteiger partial charge >= 0.3 is 0 Å². The van der Waals surface area contributed by atoms with E-state index in [2.05, 4.69) is 20.6 Å². The minimum atomic E-state index is -4.20. The van der Waals surface area contributed by atoms with E-state index < -0.39 is 26.5 Å². The molecule has 0 unspecified atom stereocenters. The molecule has 0 aliphatic rings. The molecule has 2 amide bonds. The molecule has 0 spiro atoms. The zero-order valence-corrected chi connectivity index (χ0v) is 14.5. The van der Waals surface area contributed by atoms with Crippen molar-refractivity contribution in [3.63, 3.8) is 0 Å². The van der Waals surface area contributed by atoms with Crippen molar-refractivity contribution in [1.82, 2.24) is 9.97 Å². The number of H-pyrrole nitrogens is 1. The lowest BCUT2D eigenvalue weighted by molar-refractivity contribution is -0.115. The molecule has 9 nitrogen and oxygen atoms in total. The summed E-state index contributed by atoms with van der Waals surface area (Å²) in [5.74, 6) is -0.851. The summed E-state index contributed by atoms with van der Waals surface area (Å²) >= 11 is 0. The molecule has 3 N–H and O–H groups in total. The summed E-state index contributed by atoms with van der Waals surface area (Å²) in [4.78, 5) is 39.9. The Morgan fingerprint density at radius 1 is 1.08 bits per heavy atom. The molecule has 2 aromatic rings. The van der Waals surface area contributed by atoms with Crippen LogP contribution in [0.4, 0.5) is 11.4 Å². The fourth-order valence-corrected chi connectivity index (χ4v) is 3.47. The Bertz CT molecular complexity index is 1010. The van der Waals surface area contributed by atoms with E-state index in [1.54, 1.807) is 0 Å². The first-order chi connectivity index (χ1) is 11.6. The number of aromatic amines is 1. The van der Waals surface area contributed by atoms with Gasteiger partial charge in [0.05, 0.1) is 10.6 Å². The summed E-state index contributed by atoms with van der Waals surface area (Å²) in [6.07, 6.45) is 0. The zero-order valence-electron chi connectivity index (χ0n) is 13.7. The van der Waals surface area contributed by atoms with Gasteiger partial charge in [0.2, 0.25) is 26.8 Å². The van der Waals surface area contributed by atoms with Crippen LogP contribution in [0.5, 0.6) is 0 Å². The Hall–Kier alpha value is -3.01. The van der Waals surface area contributed by atoms with Gasteiger partial charge in [-0.15, -0.1) is 0 Å². The van der Waals surface area contributed by atoms with Crippen LogP contribution >= 0.6 is 0 Å². The zero-order chi connectivity index (χ0) is 18.8. The predicted octanol–water partition coefficient (Wildman–Crippen LogP) is 0.828. The molecule has 10 heteroatoms. The normalized spacial score (nSPS) is 11.0. The molecule has 0 saturated heterocycles. The average Bonchev–Trinajstić information content (AvgIpc) is 2.44. The SMILES string of the molecule is CC(=O)Nc1ccc(S(=O)(=O)c2nc(C)cc(=O)[nH]2)c(NC(C)=O)c1. The molecule has 0 saturated carbocycles. The third kappa shape index (κ3) is 4.29. The monoisotopic (exact) mass is 364 g/mol. The molecule has 1 aromatic heterocycles. The highest BCUT2D eigenvalue weighted by Gasteiger charge is 2.25. The van der Waals surface area contributed by atoms with E-state index in [1.807, 2.05) is 0 Å². The molecule has 25 heavy (non-hydrogen) atoms. The lowest BCUT2D eigenvalue weighted by atomic mass is 10.2. The topological polar surface area (TPSA) is 138 Å². The van der Waals surface area contributed by atoms with Crippen LogP contribution in [-0.2, 0) is 19.4 Å². The lowest BCUT2D eigenvalue weighted by Crippen LogP contribution is -2.18. The van der Waals surface area contributed by atoms with E-state index in [9.17, 15) is 22.8 Å². The van der Waals surface area contributed by atoms with Crippen molar-refractivity contribution >= 4 is 33.0 Å². The number of amides is 2. The van der Waals surface area contributed by atoms with Gasteiger partial charge in [0.25, 0.3) is 5.56 Å². The molecule has 2 rings (SSSR count). The molecular weight excluding hydrogens is 348 g/mol. The number of rotatable bonds is 4. The molecular formula is C15H16N4O5S. The molecule has 0 bridgehead atoms. The van der Waals surface area contributed by atoms with Crippen LogP contribution in [0.15, 0.2) is 39.1 Å². The second-order valence-electron chi connectivity index (χ2n) is 5.27. The van der Waals surface area contributed by atoms with E-state index in [4.69, 9.17) is 0 Å². The maximum Gasteiger partial charge on any atom is 0.251 e. The van der Waals surface area contributed by atoms with Crippen molar-refractivity contribution in [2.75, 3.05) is 10.6 Å². The van der Waals surface area contributed by atoms with Gasteiger partial charge in [0.1, 0.15) is 0 Å². The van der Waals surface area contributed by atoms with Crippen LogP contribution in [0, 0.1) is 6.92 Å². The number of sulfone groups is 1. The Morgan fingerprint density at radius 3 is 2.28 bits per heavy atom. The number of hydrogen-bond donors (Lipinski definition) is 3. The van der Waals surface area contributed by atoms with Gasteiger partial charge in [0.15, 0.2) is 0 Å². The summed E-state index contributed by atoms with van der Waals surface area (Å²) < 4.78 is 25.6. The summed E-state index contributed by atoms with van der Waals surface area (Å²) in [5, 5.41) is 4.37. The van der Waals surface area contributed by atoms with Crippen LogP contribution in [0.2, 0.25) is 0 Å². The first-order valence-electron chi connectivity index (χ1n) is 7.12. The molecule has 0 atom stereocenters. The predicted molar refractivity (Wildman–Crippen MR) is 90.1 cm³/mol. The van der Waals surface area contributed by atoms with Crippen LogP contribution < -0.4 is 16.2 Å². The summed E-state index contributed by atoms with van der Waals surface area (Å²) in [6, 6.07) is 5.05. The minimum Gasteiger partial charge on any atom is -0.326 e. The van der Waals surface area contributed by atoms with Gasteiger partial charge in [-0.1, -0.05) is 0 Å². The maximum absolute atomic E-state index is 12.8. The van der Waals surface area contributed by atoms with Crippen molar-refractivity contribution in [3.8, 4) is 0 Å². The van der Waals surface area contributed by atoms with E-state index in [1.165, 1.54) is 39.0 Å². The summed E-state index contributed by atoms with van der Waals surface area (Å²) in [7, 11) is -4.20. The number of aryl methyl sites for hydroxylation is 1. The Morgan fingerprint density at radius 2 is 1.72 bits per heavy atom.